The summed E-state index contributed by atoms with van der Waals surface area (Å²) >= 11 is 7.60. The van der Waals surface area contributed by atoms with Crippen molar-refractivity contribution < 1.29 is 4.74 Å². The van der Waals surface area contributed by atoms with E-state index in [1.807, 2.05) is 0 Å². The number of aromatic nitrogens is 4. The highest BCUT2D eigenvalue weighted by molar-refractivity contribution is 7.07. The Bertz CT molecular complexity index is 726. The average Bonchev–Trinajstić information content (AvgIpc) is 3.12. The molecule has 0 saturated carbocycles. The molecule has 0 atom stereocenters. The Labute approximate surface area is 131 Å². The van der Waals surface area contributed by atoms with Gasteiger partial charge in [0.05, 0.1) is 7.11 Å². The van der Waals surface area contributed by atoms with Crippen molar-refractivity contribution in [3.05, 3.63) is 34.5 Å². The highest BCUT2D eigenvalue weighted by atomic mass is 35.5. The van der Waals surface area contributed by atoms with E-state index in [0.29, 0.717) is 23.7 Å². The summed E-state index contributed by atoms with van der Waals surface area (Å²) < 4.78 is 7.38. The van der Waals surface area contributed by atoms with Crippen LogP contribution in [0, 0.1) is 0 Å². The third-order valence-corrected chi connectivity index (χ3v) is 4.21. The quantitative estimate of drug-likeness (QED) is 0.655. The van der Waals surface area contributed by atoms with E-state index in [9.17, 15) is 0 Å². The van der Waals surface area contributed by atoms with Gasteiger partial charge in [0.1, 0.15) is 12.2 Å². The lowest BCUT2D eigenvalue weighted by atomic mass is 10.2. The largest absolute Gasteiger partial charge is 0.479 e. The first kappa shape index (κ1) is 14.3. The van der Waals surface area contributed by atoms with Crippen LogP contribution in [0.25, 0.3) is 11.2 Å². The zero-order valence-electron chi connectivity index (χ0n) is 11.6. The van der Waals surface area contributed by atoms with Crippen molar-refractivity contribution in [3.63, 3.8) is 0 Å². The summed E-state index contributed by atoms with van der Waals surface area (Å²) in [6, 6.07) is 2.14. The molecule has 3 heterocycles. The third kappa shape index (κ3) is 2.87. The van der Waals surface area contributed by atoms with Crippen molar-refractivity contribution in [2.24, 2.45) is 0 Å². The number of hydrogen-bond acceptors (Lipinski definition) is 5. The Hall–Kier alpha value is -1.66. The van der Waals surface area contributed by atoms with Crippen molar-refractivity contribution >= 4 is 34.1 Å². The molecule has 0 aliphatic heterocycles. The Kier molecular flexibility index (Phi) is 4.36. The number of ether oxygens (including phenoxy) is 1. The summed E-state index contributed by atoms with van der Waals surface area (Å²) in [5, 5.41) is 4.25. The standard InChI is InChI=1S/C14H15ClN4OS/c1-20-14-12-13(16-9-17-14)19(11(18-12)2-5-15)6-3-10-4-7-21-8-10/h4,7-9H,2-3,5-6H2,1H3. The molecule has 0 unspecified atom stereocenters. The lowest BCUT2D eigenvalue weighted by molar-refractivity contribution is 0.401. The normalized spacial score (nSPS) is 11.1. The molecule has 0 aliphatic carbocycles. The Balaban J connectivity index is 1.99. The van der Waals surface area contributed by atoms with Crippen LogP contribution in [0.15, 0.2) is 23.2 Å². The molecule has 3 aromatic rings. The second kappa shape index (κ2) is 6.41. The van der Waals surface area contributed by atoms with Crippen LogP contribution in [0.1, 0.15) is 11.4 Å². The molecule has 0 N–H and O–H groups in total. The van der Waals surface area contributed by atoms with Crippen LogP contribution in [0.5, 0.6) is 5.88 Å². The zero-order valence-corrected chi connectivity index (χ0v) is 13.2. The van der Waals surface area contributed by atoms with Gasteiger partial charge in [0.15, 0.2) is 11.2 Å². The van der Waals surface area contributed by atoms with Gasteiger partial charge in [-0.15, -0.1) is 11.6 Å². The van der Waals surface area contributed by atoms with Crippen LogP contribution >= 0.6 is 22.9 Å². The number of rotatable bonds is 6. The van der Waals surface area contributed by atoms with E-state index >= 15 is 0 Å². The van der Waals surface area contributed by atoms with Gasteiger partial charge in [-0.2, -0.15) is 16.3 Å². The highest BCUT2D eigenvalue weighted by Gasteiger charge is 2.15. The fourth-order valence-corrected chi connectivity index (χ4v) is 3.17. The minimum Gasteiger partial charge on any atom is -0.479 e. The minimum atomic E-state index is 0.505. The molecule has 3 rings (SSSR count). The smallest absolute Gasteiger partial charge is 0.245 e. The number of methoxy groups -OCH3 is 1. The zero-order chi connectivity index (χ0) is 14.7. The van der Waals surface area contributed by atoms with Gasteiger partial charge in [0, 0.05) is 18.8 Å². The predicted molar refractivity (Wildman–Crippen MR) is 84.3 cm³/mol. The van der Waals surface area contributed by atoms with Crippen molar-refractivity contribution in [2.45, 2.75) is 19.4 Å². The van der Waals surface area contributed by atoms with Crippen LogP contribution in [0.4, 0.5) is 0 Å². The lowest BCUT2D eigenvalue weighted by Crippen LogP contribution is -2.07. The number of nitrogens with zero attached hydrogens (tertiary/aromatic N) is 4. The van der Waals surface area contributed by atoms with Gasteiger partial charge in [0.2, 0.25) is 5.88 Å². The van der Waals surface area contributed by atoms with Gasteiger partial charge in [-0.3, -0.25) is 0 Å². The molecule has 0 amide bonds. The summed E-state index contributed by atoms with van der Waals surface area (Å²) in [5.41, 5.74) is 2.82. The van der Waals surface area contributed by atoms with Crippen LogP contribution in [0.3, 0.4) is 0 Å². The third-order valence-electron chi connectivity index (χ3n) is 3.29. The molecule has 21 heavy (non-hydrogen) atoms. The molecule has 0 aliphatic rings. The van der Waals surface area contributed by atoms with E-state index in [2.05, 4.69) is 36.3 Å². The van der Waals surface area contributed by atoms with Crippen LogP contribution < -0.4 is 4.74 Å². The van der Waals surface area contributed by atoms with Crippen molar-refractivity contribution in [2.75, 3.05) is 13.0 Å². The van der Waals surface area contributed by atoms with Crippen molar-refractivity contribution in [1.82, 2.24) is 19.5 Å². The van der Waals surface area contributed by atoms with E-state index in [-0.39, 0.29) is 0 Å². The fourth-order valence-electron chi connectivity index (χ4n) is 2.30. The molecular formula is C14H15ClN4OS. The van der Waals surface area contributed by atoms with Crippen LogP contribution in [0.2, 0.25) is 0 Å². The van der Waals surface area contributed by atoms with Crippen molar-refractivity contribution in [3.8, 4) is 5.88 Å². The number of alkyl halides is 1. The second-order valence-corrected chi connectivity index (χ2v) is 5.71. The fraction of sp³-hybridized carbons (Fsp3) is 0.357. The Morgan fingerprint density at radius 2 is 2.24 bits per heavy atom. The number of halogens is 1. The molecule has 5 nitrogen and oxygen atoms in total. The second-order valence-electron chi connectivity index (χ2n) is 4.56. The van der Waals surface area contributed by atoms with Gasteiger partial charge in [-0.25, -0.2) is 9.97 Å². The first-order chi connectivity index (χ1) is 10.3. The monoisotopic (exact) mass is 322 g/mol. The molecule has 3 aromatic heterocycles. The van der Waals surface area contributed by atoms with Crippen molar-refractivity contribution in [1.29, 1.82) is 0 Å². The first-order valence-electron chi connectivity index (χ1n) is 6.64. The molecule has 0 bridgehead atoms. The number of hydrogen-bond donors (Lipinski definition) is 0. The summed E-state index contributed by atoms with van der Waals surface area (Å²) in [4.78, 5) is 13.1. The van der Waals surface area contributed by atoms with Gasteiger partial charge in [-0.1, -0.05) is 0 Å². The topological polar surface area (TPSA) is 52.8 Å². The molecule has 0 aromatic carbocycles. The molecule has 0 radical (unpaired) electrons. The van der Waals surface area contributed by atoms with E-state index in [1.54, 1.807) is 18.4 Å². The Morgan fingerprint density at radius 3 is 2.95 bits per heavy atom. The summed E-state index contributed by atoms with van der Waals surface area (Å²) in [7, 11) is 1.59. The summed E-state index contributed by atoms with van der Waals surface area (Å²) in [6.45, 7) is 0.819. The summed E-state index contributed by atoms with van der Waals surface area (Å²) in [6.07, 6.45) is 3.15. The molecular weight excluding hydrogens is 308 g/mol. The first-order valence-corrected chi connectivity index (χ1v) is 8.12. The summed E-state index contributed by atoms with van der Waals surface area (Å²) in [5.74, 6) is 1.96. The molecule has 0 saturated heterocycles. The average molecular weight is 323 g/mol. The number of fused-ring (bicyclic) bond motifs is 1. The van der Waals surface area contributed by atoms with E-state index in [0.717, 1.165) is 24.4 Å². The predicted octanol–water partition coefficient (Wildman–Crippen LogP) is 2.92. The highest BCUT2D eigenvalue weighted by Crippen LogP contribution is 2.22. The van der Waals surface area contributed by atoms with Gasteiger partial charge in [0.25, 0.3) is 0 Å². The number of thiophene rings is 1. The SMILES string of the molecule is COc1ncnc2c1nc(CCCl)n2CCc1ccsc1. The van der Waals surface area contributed by atoms with Gasteiger partial charge in [-0.05, 0) is 28.8 Å². The lowest BCUT2D eigenvalue weighted by Gasteiger charge is -2.07. The maximum absolute atomic E-state index is 5.89. The van der Waals surface area contributed by atoms with Gasteiger partial charge < -0.3 is 9.30 Å². The number of imidazole rings is 1. The Morgan fingerprint density at radius 1 is 1.33 bits per heavy atom. The molecule has 0 spiro atoms. The molecule has 0 fully saturated rings. The maximum Gasteiger partial charge on any atom is 0.245 e. The van der Waals surface area contributed by atoms with E-state index < -0.39 is 0 Å². The molecule has 110 valence electrons. The van der Waals surface area contributed by atoms with Gasteiger partial charge >= 0.3 is 0 Å². The van der Waals surface area contributed by atoms with E-state index in [1.165, 1.54) is 11.9 Å². The molecule has 7 heteroatoms. The van der Waals surface area contributed by atoms with Crippen LogP contribution in [-0.4, -0.2) is 32.5 Å². The van der Waals surface area contributed by atoms with Crippen LogP contribution in [-0.2, 0) is 19.4 Å². The maximum atomic E-state index is 5.89. The minimum absolute atomic E-state index is 0.505. The number of aryl methyl sites for hydroxylation is 3. The van der Waals surface area contributed by atoms with E-state index in [4.69, 9.17) is 16.3 Å².